The SMILES string of the molecule is COc1cnc(Cl)cc1-c1cc(C)ncc1C(=O)Nc1nc2cnc(-c3c(C(F)F)nnn3C)cc2s1. The van der Waals surface area contributed by atoms with E-state index in [1.165, 1.54) is 48.8 Å². The fraction of sp³-hybridized carbons (Fsp3) is 0.174. The predicted octanol–water partition coefficient (Wildman–Crippen LogP) is 5.10. The number of ether oxygens (including phenoxy) is 1. The highest BCUT2D eigenvalue weighted by Gasteiger charge is 2.23. The number of anilines is 1. The van der Waals surface area contributed by atoms with E-state index in [1.54, 1.807) is 25.1 Å². The van der Waals surface area contributed by atoms with Crippen molar-refractivity contribution in [1.29, 1.82) is 0 Å². The van der Waals surface area contributed by atoms with Crippen LogP contribution in [0.2, 0.25) is 5.15 Å². The molecule has 5 rings (SSSR count). The summed E-state index contributed by atoms with van der Waals surface area (Å²) in [6.07, 6.45) is 1.58. The molecule has 0 spiro atoms. The maximum absolute atomic E-state index is 13.4. The van der Waals surface area contributed by atoms with Gasteiger partial charge in [0.05, 0.1) is 35.5 Å². The number of aromatic nitrogens is 7. The molecule has 0 aliphatic rings. The summed E-state index contributed by atoms with van der Waals surface area (Å²) in [5, 5.41) is 10.5. The summed E-state index contributed by atoms with van der Waals surface area (Å²) in [5.74, 6) is -0.0176. The molecule has 1 N–H and O–H groups in total. The number of carbonyl (C=O) groups excluding carboxylic acids is 1. The van der Waals surface area contributed by atoms with Crippen molar-refractivity contribution in [2.45, 2.75) is 13.3 Å². The van der Waals surface area contributed by atoms with E-state index in [-0.39, 0.29) is 22.1 Å². The van der Waals surface area contributed by atoms with Crippen molar-refractivity contribution >= 4 is 44.2 Å². The predicted molar refractivity (Wildman–Crippen MR) is 134 cm³/mol. The van der Waals surface area contributed by atoms with Gasteiger partial charge in [-0.05, 0) is 25.1 Å². The van der Waals surface area contributed by atoms with Crippen LogP contribution in [-0.2, 0) is 7.05 Å². The number of thiazole rings is 1. The van der Waals surface area contributed by atoms with E-state index in [0.29, 0.717) is 37.9 Å². The standard InChI is InChI=1S/C23H17ClF2N8O2S/c1-10-4-11(12-5-18(24)29-9-16(12)36-3)13(7-27-10)22(35)31-23-30-15-8-28-14(6-17(15)37-23)20-19(21(25)26)32-33-34(20)2/h4-9,21H,1-3H3,(H,30,31,35). The van der Waals surface area contributed by atoms with Gasteiger partial charge in [-0.1, -0.05) is 28.2 Å². The lowest BCUT2D eigenvalue weighted by molar-refractivity contribution is 0.102. The lowest BCUT2D eigenvalue weighted by Gasteiger charge is -2.13. The second-order valence-electron chi connectivity index (χ2n) is 7.84. The molecule has 188 valence electrons. The molecule has 0 saturated heterocycles. The summed E-state index contributed by atoms with van der Waals surface area (Å²) in [5.41, 5.74) is 2.50. The van der Waals surface area contributed by atoms with Crippen LogP contribution in [0.4, 0.5) is 13.9 Å². The first-order valence-corrected chi connectivity index (χ1v) is 11.9. The van der Waals surface area contributed by atoms with Crippen LogP contribution in [0.15, 0.2) is 36.8 Å². The number of nitrogens with zero attached hydrogens (tertiary/aromatic N) is 7. The second kappa shape index (κ2) is 9.75. The van der Waals surface area contributed by atoms with Gasteiger partial charge in [-0.3, -0.25) is 20.1 Å². The topological polar surface area (TPSA) is 121 Å². The Bertz CT molecular complexity index is 1660. The number of carbonyl (C=O) groups is 1. The summed E-state index contributed by atoms with van der Waals surface area (Å²) in [6.45, 7) is 1.80. The first-order chi connectivity index (χ1) is 17.7. The smallest absolute Gasteiger partial charge is 0.284 e. The molecule has 14 heteroatoms. The number of nitrogens with one attached hydrogen (secondary N) is 1. The van der Waals surface area contributed by atoms with Crippen molar-refractivity contribution in [2.24, 2.45) is 7.05 Å². The summed E-state index contributed by atoms with van der Waals surface area (Å²) in [4.78, 5) is 30.3. The van der Waals surface area contributed by atoms with Crippen molar-refractivity contribution in [1.82, 2.24) is 34.9 Å². The zero-order valence-corrected chi connectivity index (χ0v) is 21.1. The number of hydrogen-bond acceptors (Lipinski definition) is 9. The second-order valence-corrected chi connectivity index (χ2v) is 9.25. The van der Waals surface area contributed by atoms with Crippen LogP contribution in [0.1, 0.15) is 28.2 Å². The first-order valence-electron chi connectivity index (χ1n) is 10.7. The summed E-state index contributed by atoms with van der Waals surface area (Å²) < 4.78 is 34.0. The van der Waals surface area contributed by atoms with Gasteiger partial charge < -0.3 is 4.74 Å². The molecule has 0 aromatic carbocycles. The molecule has 0 unspecified atom stereocenters. The van der Waals surface area contributed by atoms with Gasteiger partial charge in [0.2, 0.25) is 0 Å². The lowest BCUT2D eigenvalue weighted by atomic mass is 10.0. The Morgan fingerprint density at radius 1 is 1.14 bits per heavy atom. The summed E-state index contributed by atoms with van der Waals surface area (Å²) in [7, 11) is 3.01. The molecule has 5 aromatic rings. The van der Waals surface area contributed by atoms with Gasteiger partial charge in [0.25, 0.3) is 12.3 Å². The van der Waals surface area contributed by atoms with Gasteiger partial charge in [0.15, 0.2) is 10.8 Å². The molecule has 0 radical (unpaired) electrons. The molecule has 5 aromatic heterocycles. The van der Waals surface area contributed by atoms with E-state index in [9.17, 15) is 13.6 Å². The zero-order chi connectivity index (χ0) is 26.3. The fourth-order valence-electron chi connectivity index (χ4n) is 3.75. The number of halogens is 3. The first kappa shape index (κ1) is 24.6. The van der Waals surface area contributed by atoms with E-state index in [2.05, 4.69) is 35.6 Å². The minimum atomic E-state index is -2.80. The highest BCUT2D eigenvalue weighted by atomic mass is 35.5. The number of amides is 1. The molecule has 5 heterocycles. The number of alkyl halides is 2. The van der Waals surface area contributed by atoms with Crippen LogP contribution in [0, 0.1) is 6.92 Å². The third-order valence-electron chi connectivity index (χ3n) is 5.43. The Hall–Kier alpha value is -4.10. The number of fused-ring (bicyclic) bond motifs is 1. The normalized spacial score (nSPS) is 11.3. The monoisotopic (exact) mass is 542 g/mol. The Morgan fingerprint density at radius 3 is 2.70 bits per heavy atom. The highest BCUT2D eigenvalue weighted by molar-refractivity contribution is 7.22. The van der Waals surface area contributed by atoms with Gasteiger partial charge in [-0.2, -0.15) is 0 Å². The van der Waals surface area contributed by atoms with Crippen LogP contribution in [0.25, 0.3) is 32.7 Å². The van der Waals surface area contributed by atoms with Crippen molar-refractivity contribution < 1.29 is 18.3 Å². The number of methoxy groups -OCH3 is 1. The molecule has 10 nitrogen and oxygen atoms in total. The van der Waals surface area contributed by atoms with Gasteiger partial charge >= 0.3 is 0 Å². The van der Waals surface area contributed by atoms with Crippen molar-refractivity contribution in [2.75, 3.05) is 12.4 Å². The molecular weight excluding hydrogens is 526 g/mol. The molecule has 0 atom stereocenters. The minimum absolute atomic E-state index is 0.108. The van der Waals surface area contributed by atoms with Gasteiger partial charge in [0.1, 0.15) is 22.1 Å². The van der Waals surface area contributed by atoms with E-state index in [4.69, 9.17) is 16.3 Å². The summed E-state index contributed by atoms with van der Waals surface area (Å²) >= 11 is 7.28. The Balaban J connectivity index is 1.49. The van der Waals surface area contributed by atoms with Gasteiger partial charge in [-0.15, -0.1) is 5.10 Å². The minimum Gasteiger partial charge on any atom is -0.494 e. The largest absolute Gasteiger partial charge is 0.494 e. The molecule has 0 aliphatic carbocycles. The number of hydrogen-bond donors (Lipinski definition) is 1. The van der Waals surface area contributed by atoms with Crippen LogP contribution in [0.3, 0.4) is 0 Å². The van der Waals surface area contributed by atoms with Gasteiger partial charge in [-0.25, -0.2) is 23.4 Å². The zero-order valence-electron chi connectivity index (χ0n) is 19.5. The molecule has 0 saturated carbocycles. The fourth-order valence-corrected chi connectivity index (χ4v) is 4.78. The molecule has 37 heavy (non-hydrogen) atoms. The quantitative estimate of drug-likeness (QED) is 0.294. The molecular formula is C23H17ClF2N8O2S. The Kier molecular flexibility index (Phi) is 6.48. The van der Waals surface area contributed by atoms with Crippen molar-refractivity contribution in [3.63, 3.8) is 0 Å². The van der Waals surface area contributed by atoms with Crippen LogP contribution < -0.4 is 10.1 Å². The molecule has 0 aliphatic heterocycles. The van der Waals surface area contributed by atoms with E-state index in [1.807, 2.05) is 0 Å². The Morgan fingerprint density at radius 2 is 1.95 bits per heavy atom. The molecule has 0 fully saturated rings. The number of aryl methyl sites for hydroxylation is 2. The van der Waals surface area contributed by atoms with Crippen LogP contribution >= 0.6 is 22.9 Å². The van der Waals surface area contributed by atoms with Crippen molar-refractivity contribution in [3.05, 3.63) is 58.9 Å². The molecule has 1 amide bonds. The maximum atomic E-state index is 13.4. The molecule has 0 bridgehead atoms. The number of pyridine rings is 3. The van der Waals surface area contributed by atoms with Crippen molar-refractivity contribution in [3.8, 4) is 28.3 Å². The van der Waals surface area contributed by atoms with Crippen LogP contribution in [0.5, 0.6) is 5.75 Å². The van der Waals surface area contributed by atoms with E-state index < -0.39 is 18.0 Å². The van der Waals surface area contributed by atoms with E-state index in [0.717, 1.165) is 0 Å². The maximum Gasteiger partial charge on any atom is 0.284 e. The summed E-state index contributed by atoms with van der Waals surface area (Å²) in [6, 6.07) is 4.97. The average Bonchev–Trinajstić information content (AvgIpc) is 3.45. The van der Waals surface area contributed by atoms with Gasteiger partial charge in [0, 0.05) is 30.1 Å². The Labute approximate surface area is 217 Å². The lowest BCUT2D eigenvalue weighted by Crippen LogP contribution is -2.14. The van der Waals surface area contributed by atoms with E-state index >= 15 is 0 Å². The van der Waals surface area contributed by atoms with Crippen LogP contribution in [-0.4, -0.2) is 47.9 Å². The number of rotatable bonds is 6. The third kappa shape index (κ3) is 4.70. The average molecular weight is 543 g/mol. The highest BCUT2D eigenvalue weighted by Crippen LogP contribution is 2.35. The third-order valence-corrected chi connectivity index (χ3v) is 6.57.